The first-order valence-electron chi connectivity index (χ1n) is 10.1. The molecule has 0 radical (unpaired) electrons. The van der Waals surface area contributed by atoms with Crippen molar-refractivity contribution in [2.75, 3.05) is 24.8 Å². The van der Waals surface area contributed by atoms with Gasteiger partial charge in [0.05, 0.1) is 17.5 Å². The summed E-state index contributed by atoms with van der Waals surface area (Å²) in [4.78, 5) is 12.7. The first kappa shape index (κ1) is 24.4. The first-order valence-corrected chi connectivity index (χ1v) is 12.0. The van der Waals surface area contributed by atoms with Crippen molar-refractivity contribution in [2.45, 2.75) is 45.8 Å². The predicted molar refractivity (Wildman–Crippen MR) is 120 cm³/mol. The minimum absolute atomic E-state index is 0.0408. The summed E-state index contributed by atoms with van der Waals surface area (Å²) in [5.74, 6) is -0.154. The van der Waals surface area contributed by atoms with E-state index in [9.17, 15) is 13.2 Å². The monoisotopic (exact) mass is 466 g/mol. The van der Waals surface area contributed by atoms with Crippen LogP contribution in [-0.4, -0.2) is 58.3 Å². The number of aryl methyl sites for hydroxylation is 1. The second-order valence-electron chi connectivity index (χ2n) is 8.68. The predicted octanol–water partition coefficient (Wildman–Crippen LogP) is -0.0000800. The molecule has 2 aliphatic heterocycles. The highest BCUT2D eigenvalue weighted by Crippen LogP contribution is 2.36. The molecule has 12 heteroatoms. The lowest BCUT2D eigenvalue weighted by Crippen LogP contribution is -2.76. The van der Waals surface area contributed by atoms with Crippen molar-refractivity contribution in [2.24, 2.45) is 5.10 Å². The third-order valence-corrected chi connectivity index (χ3v) is 6.16. The molecule has 2 aliphatic rings. The van der Waals surface area contributed by atoms with Gasteiger partial charge in [0.1, 0.15) is 19.4 Å². The zero-order valence-electron chi connectivity index (χ0n) is 19.1. The molecule has 0 aliphatic carbocycles. The minimum atomic E-state index is -3.55. The Hall–Kier alpha value is -2.25. The number of nitrogens with one attached hydrogen (secondary N) is 1. The van der Waals surface area contributed by atoms with Crippen LogP contribution in [0.5, 0.6) is 0 Å². The molecule has 0 spiro atoms. The van der Waals surface area contributed by atoms with Gasteiger partial charge in [-0.3, -0.25) is 8.98 Å². The van der Waals surface area contributed by atoms with Crippen LogP contribution in [0.1, 0.15) is 33.3 Å². The molecule has 1 saturated heterocycles. The van der Waals surface area contributed by atoms with Gasteiger partial charge in [-0.1, -0.05) is 17.2 Å². The average molecular weight is 466 g/mol. The smallest absolute Gasteiger partial charge is 0.484 e. The number of ether oxygens (including phenoxy) is 1. The highest BCUT2D eigenvalue weighted by molar-refractivity contribution is 7.85. The molecule has 0 unspecified atom stereocenters. The van der Waals surface area contributed by atoms with Crippen LogP contribution < -0.4 is 16.2 Å². The van der Waals surface area contributed by atoms with E-state index in [0.717, 1.165) is 17.3 Å². The highest BCUT2D eigenvalue weighted by Gasteiger charge is 2.51. The fraction of sp³-hybridized carbons (Fsp3) is 0.500. The Morgan fingerprint density at radius 2 is 1.84 bits per heavy atom. The number of anilines is 1. The average Bonchev–Trinajstić information content (AvgIpc) is 3.21. The highest BCUT2D eigenvalue weighted by atomic mass is 32.2. The lowest BCUT2D eigenvalue weighted by molar-refractivity contribution is -0.603. The summed E-state index contributed by atoms with van der Waals surface area (Å²) in [6, 6.07) is 5.57. The maximum Gasteiger partial charge on any atom is 0.494 e. The zero-order chi connectivity index (χ0) is 23.7. The van der Waals surface area contributed by atoms with Crippen LogP contribution in [0.15, 0.2) is 34.8 Å². The number of amides is 1. The van der Waals surface area contributed by atoms with Gasteiger partial charge in [-0.2, -0.15) is 13.8 Å². The summed E-state index contributed by atoms with van der Waals surface area (Å²) < 4.78 is 44.2. The largest absolute Gasteiger partial charge is 0.494 e. The first-order chi connectivity index (χ1) is 14.8. The topological polar surface area (TPSA) is 129 Å². The van der Waals surface area contributed by atoms with Crippen LogP contribution in [0.2, 0.25) is 0 Å². The van der Waals surface area contributed by atoms with Gasteiger partial charge in [-0.05, 0) is 51.7 Å². The van der Waals surface area contributed by atoms with Crippen molar-refractivity contribution in [1.82, 2.24) is 0 Å². The van der Waals surface area contributed by atoms with Crippen LogP contribution >= 0.6 is 0 Å². The van der Waals surface area contributed by atoms with Crippen molar-refractivity contribution in [3.8, 4) is 0 Å². The summed E-state index contributed by atoms with van der Waals surface area (Å²) in [6.45, 7) is 9.66. The number of nitrogens with two attached hydrogens (primary N) is 1. The van der Waals surface area contributed by atoms with Crippen LogP contribution in [0.25, 0.3) is 0 Å². The number of benzene rings is 1. The Balaban J connectivity index is 1.65. The molecular formula is C20H29BN3O7S+. The number of rotatable bonds is 8. The van der Waals surface area contributed by atoms with Gasteiger partial charge in [0.15, 0.2) is 0 Å². The number of hydrogen-bond acceptors (Lipinski definition) is 8. The van der Waals surface area contributed by atoms with Gasteiger partial charge in [-0.25, -0.2) is 0 Å². The van der Waals surface area contributed by atoms with Crippen molar-refractivity contribution < 1.29 is 36.9 Å². The number of nitrogens with zero attached hydrogens (tertiary/aromatic N) is 1. The third-order valence-electron chi connectivity index (χ3n) is 5.57. The Kier molecular flexibility index (Phi) is 6.82. The van der Waals surface area contributed by atoms with E-state index in [4.69, 9.17) is 14.0 Å². The summed E-state index contributed by atoms with van der Waals surface area (Å²) in [7, 11) is -4.04. The molecule has 1 aromatic rings. The van der Waals surface area contributed by atoms with E-state index in [1.807, 2.05) is 46.8 Å². The molecule has 1 fully saturated rings. The second-order valence-corrected chi connectivity index (χ2v) is 10.3. The summed E-state index contributed by atoms with van der Waals surface area (Å²) in [5.41, 5.74) is 3.08. The maximum atomic E-state index is 12.7. The summed E-state index contributed by atoms with van der Waals surface area (Å²) in [5, 5.41) is 6.80. The fourth-order valence-corrected chi connectivity index (χ4v) is 3.45. The van der Waals surface area contributed by atoms with Crippen LogP contribution in [0, 0.1) is 6.92 Å². The number of carbonyl (C=O) groups is 1. The third kappa shape index (κ3) is 5.56. The molecule has 10 nitrogen and oxygen atoms in total. The van der Waals surface area contributed by atoms with E-state index in [0.29, 0.717) is 5.69 Å². The molecule has 0 bridgehead atoms. The molecule has 0 saturated carbocycles. The van der Waals surface area contributed by atoms with E-state index in [2.05, 4.69) is 14.6 Å². The molecule has 3 N–H and O–H groups in total. The Labute approximate surface area is 188 Å². The fourth-order valence-electron chi connectivity index (χ4n) is 3.08. The number of quaternary nitrogens is 1. The molecule has 0 aromatic heterocycles. The van der Waals surface area contributed by atoms with Crippen molar-refractivity contribution in [3.05, 3.63) is 35.2 Å². The second kappa shape index (κ2) is 8.95. The van der Waals surface area contributed by atoms with Gasteiger partial charge in [0.25, 0.3) is 15.8 Å². The Bertz CT molecular complexity index is 1050. The van der Waals surface area contributed by atoms with Crippen LogP contribution in [0.3, 0.4) is 0 Å². The van der Waals surface area contributed by atoms with Gasteiger partial charge < -0.3 is 19.4 Å². The molecule has 1 aromatic carbocycles. The van der Waals surface area contributed by atoms with Gasteiger partial charge >= 0.3 is 13.0 Å². The van der Waals surface area contributed by atoms with E-state index in [1.165, 1.54) is 11.6 Å². The normalized spacial score (nSPS) is 19.5. The molecule has 3 rings (SSSR count). The number of allylic oxidation sites excluding steroid dienone is 1. The summed E-state index contributed by atoms with van der Waals surface area (Å²) >= 11 is 0. The maximum absolute atomic E-state index is 12.7. The van der Waals surface area contributed by atoms with Gasteiger partial charge in [0, 0.05) is 5.69 Å². The quantitative estimate of drug-likeness (QED) is 0.239. The molecule has 174 valence electrons. The Morgan fingerprint density at radius 3 is 2.44 bits per heavy atom. The van der Waals surface area contributed by atoms with Crippen molar-refractivity contribution in [3.63, 3.8) is 0 Å². The molecule has 1 amide bonds. The lowest BCUT2D eigenvalue weighted by Gasteiger charge is -2.32. The molecule has 2 heterocycles. The van der Waals surface area contributed by atoms with Gasteiger partial charge in [0.2, 0.25) is 5.76 Å². The standard InChI is InChI=1S/C20H28BN3O7S/c1-13-11-14(21-30-19(2,3)20(4,5)31-21)7-8-15(13)23-18(25)17-16(12-22-24-17)28-9-10-29-32(6,26)27/h7-8,11-12H,9-10H2,1-6H3,(H,22,24)(H,23,25)/p+1. The number of carbonyl (C=O) groups excluding carboxylic acids is 1. The van der Waals surface area contributed by atoms with Crippen LogP contribution in [-0.2, 0) is 33.1 Å². The van der Waals surface area contributed by atoms with E-state index < -0.39 is 34.3 Å². The molecule has 0 atom stereocenters. The summed E-state index contributed by atoms with van der Waals surface area (Å²) in [6.07, 6.45) is 2.35. The van der Waals surface area contributed by atoms with Crippen molar-refractivity contribution in [1.29, 1.82) is 0 Å². The SMILES string of the molecule is Cc1cc(B2OC(C)(C)C(C)(C)O2)ccc1NC(=O)C1=C(OCCOS(C)(=O)=O)C=N[NH2+]1. The minimum Gasteiger partial charge on any atom is -0.484 e. The van der Waals surface area contributed by atoms with E-state index in [1.54, 1.807) is 6.07 Å². The Morgan fingerprint density at radius 1 is 1.19 bits per heavy atom. The van der Waals surface area contributed by atoms with Crippen molar-refractivity contribution >= 4 is 40.5 Å². The van der Waals surface area contributed by atoms with Gasteiger partial charge in [-0.15, -0.1) is 0 Å². The lowest BCUT2D eigenvalue weighted by atomic mass is 9.78. The number of hydrogen-bond donors (Lipinski definition) is 2. The van der Waals surface area contributed by atoms with E-state index in [-0.39, 0.29) is 24.7 Å². The van der Waals surface area contributed by atoms with E-state index >= 15 is 0 Å². The molecular weight excluding hydrogens is 437 g/mol. The van der Waals surface area contributed by atoms with Crippen LogP contribution in [0.4, 0.5) is 5.69 Å². The zero-order valence-corrected chi connectivity index (χ0v) is 19.9. The molecule has 32 heavy (non-hydrogen) atoms.